The highest BCUT2D eigenvalue weighted by Gasteiger charge is 2.31. The van der Waals surface area contributed by atoms with Gasteiger partial charge in [-0.05, 0) is 112 Å². The molecule has 3 saturated heterocycles. The highest BCUT2D eigenvalue weighted by molar-refractivity contribution is 5.87. The van der Waals surface area contributed by atoms with Gasteiger partial charge in [-0.1, -0.05) is 43.2 Å². The van der Waals surface area contributed by atoms with E-state index >= 15 is 0 Å². The topological polar surface area (TPSA) is 295 Å². The number of hydrogen-bond donors (Lipinski definition) is 8. The Balaban J connectivity index is 0.980. The third-order valence-electron chi connectivity index (χ3n) is 15.0. The maximum absolute atomic E-state index is 13.6. The molecule has 3 aliphatic heterocycles. The average Bonchev–Trinajstić information content (AvgIpc) is 3.40. The van der Waals surface area contributed by atoms with Crippen molar-refractivity contribution in [3.63, 3.8) is 0 Å². The number of likely N-dealkylation sites (tertiary alicyclic amines) is 1. The molecular weight excluding hydrogens is 993 g/mol. The zero-order chi connectivity index (χ0) is 55.5. The van der Waals surface area contributed by atoms with E-state index in [0.717, 1.165) is 88.4 Å². The first kappa shape index (κ1) is 61.8. The van der Waals surface area contributed by atoms with Gasteiger partial charge in [0.2, 0.25) is 23.6 Å². The summed E-state index contributed by atoms with van der Waals surface area (Å²) in [5.41, 5.74) is 3.94. The van der Waals surface area contributed by atoms with Gasteiger partial charge in [0.1, 0.15) is 0 Å². The van der Waals surface area contributed by atoms with Gasteiger partial charge in [-0.25, -0.2) is 0 Å². The van der Waals surface area contributed by atoms with Crippen LogP contribution < -0.4 is 21.3 Å². The molecule has 22 nitrogen and oxygen atoms in total. The lowest BCUT2D eigenvalue weighted by Crippen LogP contribution is -2.53. The summed E-state index contributed by atoms with van der Waals surface area (Å²) >= 11 is 0. The molecule has 0 bridgehead atoms. The van der Waals surface area contributed by atoms with Gasteiger partial charge >= 0.3 is 23.9 Å². The summed E-state index contributed by atoms with van der Waals surface area (Å²) in [6.07, 6.45) is 14.0. The van der Waals surface area contributed by atoms with Crippen LogP contribution in [0.4, 0.5) is 0 Å². The molecule has 3 atom stereocenters. The van der Waals surface area contributed by atoms with Crippen molar-refractivity contribution in [1.82, 2.24) is 50.8 Å². The molecule has 3 fully saturated rings. The number of benzene rings is 1. The number of amides is 4. The van der Waals surface area contributed by atoms with Crippen molar-refractivity contribution in [1.29, 1.82) is 0 Å². The number of pyridine rings is 1. The van der Waals surface area contributed by atoms with Crippen LogP contribution in [0.1, 0.15) is 106 Å². The number of carboxylic acids is 4. The van der Waals surface area contributed by atoms with Crippen LogP contribution in [-0.4, -0.2) is 215 Å². The minimum Gasteiger partial charge on any atom is -0.481 e. The van der Waals surface area contributed by atoms with Crippen molar-refractivity contribution in [2.75, 3.05) is 111 Å². The van der Waals surface area contributed by atoms with Crippen LogP contribution in [0.3, 0.4) is 0 Å². The lowest BCUT2D eigenvalue weighted by atomic mass is 9.92. The van der Waals surface area contributed by atoms with E-state index in [4.69, 9.17) is 0 Å². The second-order valence-electron chi connectivity index (χ2n) is 21.0. The fourth-order valence-electron chi connectivity index (χ4n) is 10.4. The Hall–Kier alpha value is -6.07. The molecule has 1 aromatic heterocycles. The van der Waals surface area contributed by atoms with Gasteiger partial charge < -0.3 is 46.6 Å². The van der Waals surface area contributed by atoms with Gasteiger partial charge in [0.15, 0.2) is 0 Å². The van der Waals surface area contributed by atoms with E-state index < -0.39 is 47.8 Å². The number of nitrogens with one attached hydrogen (secondary N) is 4. The van der Waals surface area contributed by atoms with Crippen LogP contribution in [0.5, 0.6) is 0 Å². The quantitative estimate of drug-likeness (QED) is 0.0563. The first-order chi connectivity index (χ1) is 37.0. The van der Waals surface area contributed by atoms with Crippen LogP contribution in [0.15, 0.2) is 42.7 Å². The lowest BCUT2D eigenvalue weighted by molar-refractivity contribution is -0.140. The number of carbonyl (C=O) groups is 8. The summed E-state index contributed by atoms with van der Waals surface area (Å²) in [5.74, 6) is -4.87. The fraction of sp³-hybridized carbons (Fsp3) is 0.655. The van der Waals surface area contributed by atoms with Gasteiger partial charge in [-0.3, -0.25) is 62.9 Å². The number of aliphatic carboxylic acids is 4. The molecule has 77 heavy (non-hydrogen) atoms. The number of aromatic nitrogens is 1. The molecule has 4 amide bonds. The first-order valence-electron chi connectivity index (χ1n) is 27.6. The van der Waals surface area contributed by atoms with Crippen molar-refractivity contribution >= 4 is 47.5 Å². The van der Waals surface area contributed by atoms with Crippen LogP contribution in [0.2, 0.25) is 0 Å². The van der Waals surface area contributed by atoms with E-state index in [9.17, 15) is 58.8 Å². The highest BCUT2D eigenvalue weighted by atomic mass is 16.4. The van der Waals surface area contributed by atoms with Crippen LogP contribution in [0, 0.1) is 11.8 Å². The standard InChI is InChI=1S/C55H84N10O12/c1-40(64-29-27-62(38-52(72)73)25-23-61(37-51(70)71)24-26-63(28-30-64)39-53(74)75)54(76)59-35-48(66)58-19-5-3-2-4-7-41-9-11-42(12-10-41)13-14-44-31-46(34-57-33-44)47(32-50(68)69)60-55(77)45-8-6-22-65(36-45)49(67)16-15-43-17-20-56-21-18-43/h9-12,31,33-34,40,43,45,47,56H,2-8,13-30,32,35-39H2,1H3,(H,58,66)(H,59,76)(H,60,77)(H,68,69)(H,70,71)(H,72,73)(H,74,75)/t40?,45-,47+/m1/s1. The normalized spacial score (nSPS) is 18.7. The minimum atomic E-state index is -1.04. The molecule has 8 N–H and O–H groups in total. The number of rotatable bonds is 28. The Morgan fingerprint density at radius 1 is 0.662 bits per heavy atom. The molecular formula is C55H84N10O12. The van der Waals surface area contributed by atoms with E-state index in [2.05, 4.69) is 50.5 Å². The van der Waals surface area contributed by atoms with Gasteiger partial charge in [0.25, 0.3) is 0 Å². The molecule has 426 valence electrons. The Labute approximate surface area is 452 Å². The van der Waals surface area contributed by atoms with Crippen molar-refractivity contribution < 1.29 is 58.8 Å². The van der Waals surface area contributed by atoms with Crippen LogP contribution >= 0.6 is 0 Å². The summed E-state index contributed by atoms with van der Waals surface area (Å²) in [7, 11) is 0. The van der Waals surface area contributed by atoms with E-state index in [-0.39, 0.29) is 103 Å². The largest absolute Gasteiger partial charge is 0.481 e. The number of hydrogen-bond acceptors (Lipinski definition) is 14. The SMILES string of the molecule is CC(C(=O)NCC(=O)NCCCCCCc1ccc(CCc2cncc([C@H](CC(=O)O)NC(=O)[C@@H]3CCCN(C(=O)CCC4CCNCC4)C3)c2)cc1)N1CCN(CC(=O)O)CCN(CC(=O)O)CCN(CC(=O)O)CC1. The maximum Gasteiger partial charge on any atom is 0.317 e. The van der Waals surface area contributed by atoms with Gasteiger partial charge in [-0.15, -0.1) is 0 Å². The first-order valence-corrected chi connectivity index (χ1v) is 27.6. The van der Waals surface area contributed by atoms with Crippen molar-refractivity contribution in [2.45, 2.75) is 109 Å². The monoisotopic (exact) mass is 1080 g/mol. The predicted octanol–water partition coefficient (Wildman–Crippen LogP) is 1.72. The van der Waals surface area contributed by atoms with Gasteiger partial charge in [-0.2, -0.15) is 0 Å². The average molecular weight is 1080 g/mol. The molecule has 2 aromatic rings. The fourth-order valence-corrected chi connectivity index (χ4v) is 10.4. The highest BCUT2D eigenvalue weighted by Crippen LogP contribution is 2.25. The van der Waals surface area contributed by atoms with Gasteiger partial charge in [0.05, 0.1) is 50.6 Å². The molecule has 0 aliphatic carbocycles. The Morgan fingerprint density at radius 2 is 1.23 bits per heavy atom. The van der Waals surface area contributed by atoms with E-state index in [1.165, 1.54) is 5.56 Å². The van der Waals surface area contributed by atoms with Crippen molar-refractivity contribution in [2.24, 2.45) is 11.8 Å². The number of unbranched alkanes of at least 4 members (excludes halogenated alkanes) is 3. The molecule has 5 rings (SSSR count). The minimum absolute atomic E-state index is 0.0876. The number of carbonyl (C=O) groups excluding carboxylic acids is 4. The molecule has 22 heteroatoms. The smallest absolute Gasteiger partial charge is 0.317 e. The van der Waals surface area contributed by atoms with E-state index in [0.29, 0.717) is 50.4 Å². The summed E-state index contributed by atoms with van der Waals surface area (Å²) in [4.78, 5) is 112. The summed E-state index contributed by atoms with van der Waals surface area (Å²) in [6.45, 7) is 6.23. The summed E-state index contributed by atoms with van der Waals surface area (Å²) in [5, 5.41) is 50.1. The number of carboxylic acid groups (broad SMARTS) is 4. The zero-order valence-corrected chi connectivity index (χ0v) is 45.0. The van der Waals surface area contributed by atoms with E-state index in [1.54, 1.807) is 38.9 Å². The molecule has 3 aliphatic rings. The molecule has 1 aromatic carbocycles. The van der Waals surface area contributed by atoms with Gasteiger partial charge in [0, 0.05) is 90.8 Å². The number of aryl methyl sites for hydroxylation is 3. The third kappa shape index (κ3) is 23.6. The molecule has 0 saturated carbocycles. The molecule has 4 heterocycles. The number of nitrogens with zero attached hydrogens (tertiary/aromatic N) is 6. The Kier molecular flexibility index (Phi) is 26.7. The van der Waals surface area contributed by atoms with Crippen molar-refractivity contribution in [3.05, 3.63) is 65.0 Å². The lowest BCUT2D eigenvalue weighted by Gasteiger charge is -2.35. The van der Waals surface area contributed by atoms with Crippen LogP contribution in [0.25, 0.3) is 0 Å². The summed E-state index contributed by atoms with van der Waals surface area (Å²) in [6, 6.07) is 8.96. The number of piperidine rings is 2. The van der Waals surface area contributed by atoms with Crippen molar-refractivity contribution in [3.8, 4) is 0 Å². The predicted molar refractivity (Wildman–Crippen MR) is 287 cm³/mol. The molecule has 0 radical (unpaired) electrons. The van der Waals surface area contributed by atoms with Crippen LogP contribution in [-0.2, 0) is 57.6 Å². The molecule has 1 unspecified atom stereocenters. The third-order valence-corrected chi connectivity index (χ3v) is 15.0. The Morgan fingerprint density at radius 3 is 1.83 bits per heavy atom. The Bertz CT molecular complexity index is 2200. The summed E-state index contributed by atoms with van der Waals surface area (Å²) < 4.78 is 0. The maximum atomic E-state index is 13.6. The second-order valence-corrected chi connectivity index (χ2v) is 21.0. The second kappa shape index (κ2) is 33.3. The molecule has 0 spiro atoms. The zero-order valence-electron chi connectivity index (χ0n) is 45.0. The van der Waals surface area contributed by atoms with E-state index in [1.807, 2.05) is 11.0 Å².